The Morgan fingerprint density at radius 2 is 1.37 bits per heavy atom. The third-order valence-corrected chi connectivity index (χ3v) is 4.09. The van der Waals surface area contributed by atoms with E-state index in [9.17, 15) is 0 Å². The normalized spacial score (nSPS) is 18.4. The molecule has 0 aliphatic heterocycles. The zero-order chi connectivity index (χ0) is 13.2. The van der Waals surface area contributed by atoms with E-state index in [-0.39, 0.29) is 0 Å². The summed E-state index contributed by atoms with van der Waals surface area (Å²) in [7, 11) is 0. The Bertz CT molecular complexity index is 585. The lowest BCUT2D eigenvalue weighted by atomic mass is 9.93. The fourth-order valence-electron chi connectivity index (χ4n) is 2.81. The van der Waals surface area contributed by atoms with Crippen LogP contribution in [0.15, 0.2) is 54.6 Å². The molecule has 0 N–H and O–H groups in total. The summed E-state index contributed by atoms with van der Waals surface area (Å²) < 4.78 is 0. The molecule has 0 spiro atoms. The second kappa shape index (κ2) is 5.05. The topological polar surface area (TPSA) is 0 Å². The Morgan fingerprint density at radius 1 is 0.789 bits per heavy atom. The lowest BCUT2D eigenvalue weighted by Crippen LogP contribution is -1.93. The zero-order valence-electron chi connectivity index (χ0n) is 11.7. The van der Waals surface area contributed by atoms with Crippen molar-refractivity contribution in [2.24, 2.45) is 0 Å². The minimum absolute atomic E-state index is 0.664. The summed E-state index contributed by atoms with van der Waals surface area (Å²) in [5.74, 6) is 0.664. The van der Waals surface area contributed by atoms with Crippen molar-refractivity contribution < 1.29 is 0 Å². The summed E-state index contributed by atoms with van der Waals surface area (Å²) in [4.78, 5) is 0. The third kappa shape index (κ3) is 2.63. The Labute approximate surface area is 115 Å². The Morgan fingerprint density at radius 3 is 2.00 bits per heavy atom. The maximum atomic E-state index is 2.41. The van der Waals surface area contributed by atoms with Crippen molar-refractivity contribution in [1.82, 2.24) is 0 Å². The van der Waals surface area contributed by atoms with Crippen LogP contribution in [0.1, 0.15) is 41.0 Å². The first kappa shape index (κ1) is 12.2. The van der Waals surface area contributed by atoms with Gasteiger partial charge in [0.2, 0.25) is 0 Å². The van der Waals surface area contributed by atoms with Gasteiger partial charge >= 0.3 is 0 Å². The number of aryl methyl sites for hydroxylation is 2. The van der Waals surface area contributed by atoms with Crippen molar-refractivity contribution in [2.45, 2.75) is 32.6 Å². The first-order valence-corrected chi connectivity index (χ1v) is 7.05. The fraction of sp³-hybridized carbons (Fsp3) is 0.263. The molecule has 0 saturated heterocycles. The van der Waals surface area contributed by atoms with E-state index in [0.717, 1.165) is 0 Å². The molecule has 0 bridgehead atoms. The van der Waals surface area contributed by atoms with Gasteiger partial charge in [-0.25, -0.2) is 0 Å². The lowest BCUT2D eigenvalue weighted by Gasteiger charge is -2.11. The van der Waals surface area contributed by atoms with Gasteiger partial charge < -0.3 is 0 Å². The molecular formula is C19H20. The fourth-order valence-corrected chi connectivity index (χ4v) is 2.81. The van der Waals surface area contributed by atoms with Crippen LogP contribution in [0, 0.1) is 13.8 Å². The predicted octanol–water partition coefficient (Wildman–Crippen LogP) is 5.26. The van der Waals surface area contributed by atoms with E-state index in [2.05, 4.69) is 68.5 Å². The maximum absolute atomic E-state index is 2.41. The molecule has 0 radical (unpaired) electrons. The number of benzene rings is 2. The van der Waals surface area contributed by atoms with Crippen LogP contribution in [0.3, 0.4) is 0 Å². The summed E-state index contributed by atoms with van der Waals surface area (Å²) >= 11 is 0. The van der Waals surface area contributed by atoms with Crippen molar-refractivity contribution in [1.29, 1.82) is 0 Å². The number of rotatable bonds is 2. The van der Waals surface area contributed by atoms with Crippen LogP contribution in [-0.4, -0.2) is 0 Å². The molecule has 0 heterocycles. The van der Waals surface area contributed by atoms with Crippen LogP contribution >= 0.6 is 0 Å². The van der Waals surface area contributed by atoms with Gasteiger partial charge in [0.25, 0.3) is 0 Å². The van der Waals surface area contributed by atoms with Crippen molar-refractivity contribution in [3.63, 3.8) is 0 Å². The number of hydrogen-bond donors (Lipinski definition) is 0. The molecule has 19 heavy (non-hydrogen) atoms. The molecule has 96 valence electrons. The molecule has 0 amide bonds. The van der Waals surface area contributed by atoms with Crippen LogP contribution in [-0.2, 0) is 0 Å². The lowest BCUT2D eigenvalue weighted by molar-refractivity contribution is 0.758. The van der Waals surface area contributed by atoms with E-state index in [4.69, 9.17) is 0 Å². The number of allylic oxidation sites excluding steroid dienone is 2. The van der Waals surface area contributed by atoms with Crippen LogP contribution in [0.2, 0.25) is 0 Å². The molecule has 0 aromatic heterocycles. The van der Waals surface area contributed by atoms with E-state index >= 15 is 0 Å². The van der Waals surface area contributed by atoms with Crippen molar-refractivity contribution in [2.75, 3.05) is 0 Å². The minimum Gasteiger partial charge on any atom is -0.0801 e. The average Bonchev–Trinajstić information content (AvgIpc) is 2.90. The third-order valence-electron chi connectivity index (χ3n) is 4.09. The van der Waals surface area contributed by atoms with E-state index in [0.29, 0.717) is 5.92 Å². The second-order valence-corrected chi connectivity index (χ2v) is 5.64. The molecule has 0 heteroatoms. The maximum Gasteiger partial charge on any atom is -0.00866 e. The van der Waals surface area contributed by atoms with Gasteiger partial charge in [0.15, 0.2) is 0 Å². The second-order valence-electron chi connectivity index (χ2n) is 5.64. The average molecular weight is 248 g/mol. The van der Waals surface area contributed by atoms with Crippen LogP contribution in [0.25, 0.3) is 5.57 Å². The molecule has 1 unspecified atom stereocenters. The van der Waals surface area contributed by atoms with Crippen molar-refractivity contribution in [3.05, 3.63) is 76.9 Å². The van der Waals surface area contributed by atoms with Crippen molar-refractivity contribution in [3.8, 4) is 0 Å². The summed E-state index contributed by atoms with van der Waals surface area (Å²) in [6.45, 7) is 4.29. The molecule has 2 aromatic carbocycles. The molecule has 2 aromatic rings. The van der Waals surface area contributed by atoms with Gasteiger partial charge in [-0.05, 0) is 49.3 Å². The summed E-state index contributed by atoms with van der Waals surface area (Å²) in [5, 5.41) is 0. The molecule has 1 aliphatic carbocycles. The highest BCUT2D eigenvalue weighted by Gasteiger charge is 2.19. The monoisotopic (exact) mass is 248 g/mol. The summed E-state index contributed by atoms with van der Waals surface area (Å²) in [5.41, 5.74) is 7.04. The number of hydrogen-bond acceptors (Lipinski definition) is 0. The van der Waals surface area contributed by atoms with Gasteiger partial charge in [-0.1, -0.05) is 65.7 Å². The van der Waals surface area contributed by atoms with E-state index in [1.807, 2.05) is 0 Å². The molecule has 3 rings (SSSR count). The van der Waals surface area contributed by atoms with E-state index < -0.39 is 0 Å². The summed E-state index contributed by atoms with van der Waals surface area (Å²) in [6.07, 6.45) is 4.76. The SMILES string of the molecule is Cc1ccc(C2=CCC(c3ccc(C)cc3)C2)cc1. The molecular weight excluding hydrogens is 228 g/mol. The van der Waals surface area contributed by atoms with Crippen LogP contribution < -0.4 is 0 Å². The summed E-state index contributed by atoms with van der Waals surface area (Å²) in [6, 6.07) is 17.9. The molecule has 1 atom stereocenters. The Balaban J connectivity index is 1.76. The highest BCUT2D eigenvalue weighted by Crippen LogP contribution is 2.38. The molecule has 0 saturated carbocycles. The van der Waals surface area contributed by atoms with Gasteiger partial charge in [0, 0.05) is 0 Å². The van der Waals surface area contributed by atoms with Crippen molar-refractivity contribution >= 4 is 5.57 Å². The van der Waals surface area contributed by atoms with Gasteiger partial charge in [-0.2, -0.15) is 0 Å². The first-order valence-electron chi connectivity index (χ1n) is 7.05. The molecule has 0 fully saturated rings. The Kier molecular flexibility index (Phi) is 3.25. The Hall–Kier alpha value is -1.82. The van der Waals surface area contributed by atoms with Gasteiger partial charge in [0.1, 0.15) is 0 Å². The largest absolute Gasteiger partial charge is 0.0801 e. The van der Waals surface area contributed by atoms with Crippen LogP contribution in [0.4, 0.5) is 0 Å². The van der Waals surface area contributed by atoms with E-state index in [1.165, 1.54) is 40.7 Å². The van der Waals surface area contributed by atoms with Gasteiger partial charge in [-0.15, -0.1) is 0 Å². The standard InChI is InChI=1S/C19H20/c1-14-3-7-16(8-4-14)18-11-12-19(13-18)17-9-5-15(2)6-10-17/h3-11,19H,12-13H2,1-2H3. The zero-order valence-corrected chi connectivity index (χ0v) is 11.7. The smallest absolute Gasteiger partial charge is 0.00866 e. The molecule has 1 aliphatic rings. The first-order chi connectivity index (χ1) is 9.22. The van der Waals surface area contributed by atoms with Gasteiger partial charge in [-0.3, -0.25) is 0 Å². The van der Waals surface area contributed by atoms with Crippen LogP contribution in [0.5, 0.6) is 0 Å². The molecule has 0 nitrogen and oxygen atoms in total. The quantitative estimate of drug-likeness (QED) is 0.679. The minimum atomic E-state index is 0.664. The van der Waals surface area contributed by atoms with Gasteiger partial charge in [0.05, 0.1) is 0 Å². The van der Waals surface area contributed by atoms with E-state index in [1.54, 1.807) is 0 Å². The predicted molar refractivity (Wildman–Crippen MR) is 82.3 cm³/mol. The highest BCUT2D eigenvalue weighted by atomic mass is 14.2. The highest BCUT2D eigenvalue weighted by molar-refractivity contribution is 5.68.